The second kappa shape index (κ2) is 18.5. The summed E-state index contributed by atoms with van der Waals surface area (Å²) < 4.78 is 73.0. The van der Waals surface area contributed by atoms with Crippen molar-refractivity contribution >= 4 is 11.8 Å². The summed E-state index contributed by atoms with van der Waals surface area (Å²) in [6.45, 7) is 3.61. The summed E-state index contributed by atoms with van der Waals surface area (Å²) in [5.74, 6) is -1.49. The predicted octanol–water partition coefficient (Wildman–Crippen LogP) is 1.68. The maximum Gasteiger partial charge on any atom is 0.389 e. The van der Waals surface area contributed by atoms with E-state index in [2.05, 4.69) is 5.32 Å². The number of alkyl halides is 6. The molecule has 40 heavy (non-hydrogen) atoms. The van der Waals surface area contributed by atoms with Crippen LogP contribution in [-0.4, -0.2) is 36.3 Å². The van der Waals surface area contributed by atoms with Gasteiger partial charge in [-0.15, -0.1) is 0 Å². The van der Waals surface area contributed by atoms with Crippen LogP contribution in [0.15, 0.2) is 60.7 Å². The average Bonchev–Trinajstić information content (AvgIpc) is 2.84. The molecule has 6 nitrogen and oxygen atoms in total. The minimum Gasteiger partial charge on any atom is -1.00 e. The number of hydrogen-bond acceptors (Lipinski definition) is 3. The number of primary amides is 2. The van der Waals surface area contributed by atoms with Gasteiger partial charge in [-0.2, -0.15) is 26.3 Å². The maximum absolute atomic E-state index is 12.2. The van der Waals surface area contributed by atoms with Crippen molar-refractivity contribution in [3.05, 3.63) is 71.8 Å². The number of carbonyl (C=O) groups excluding carboxylic acids is 2. The van der Waals surface area contributed by atoms with E-state index in [1.54, 1.807) is 12.2 Å². The highest BCUT2D eigenvalue weighted by Gasteiger charge is 2.32. The third-order valence-corrected chi connectivity index (χ3v) is 5.76. The van der Waals surface area contributed by atoms with Gasteiger partial charge in [0.15, 0.2) is 6.04 Å². The lowest BCUT2D eigenvalue weighted by atomic mass is 10.1. The van der Waals surface area contributed by atoms with Crippen molar-refractivity contribution in [1.29, 1.82) is 0 Å². The predicted molar refractivity (Wildman–Crippen MR) is 138 cm³/mol. The molecule has 0 saturated heterocycles. The van der Waals surface area contributed by atoms with E-state index in [4.69, 9.17) is 11.5 Å². The van der Waals surface area contributed by atoms with Gasteiger partial charge in [0.25, 0.3) is 5.91 Å². The Bertz CT molecular complexity index is 899. The molecule has 13 heteroatoms. The van der Waals surface area contributed by atoms with Crippen LogP contribution in [0.25, 0.3) is 0 Å². The Hall–Kier alpha value is -2.83. The molecular weight excluding hydrogens is 562 g/mol. The van der Waals surface area contributed by atoms with E-state index >= 15 is 0 Å². The van der Waals surface area contributed by atoms with Crippen molar-refractivity contribution in [2.45, 2.75) is 83.5 Å². The van der Waals surface area contributed by atoms with Gasteiger partial charge < -0.3 is 29.2 Å². The number of carbonyl (C=O) groups is 2. The molecule has 0 aliphatic carbocycles. The van der Waals surface area contributed by atoms with Crippen molar-refractivity contribution in [2.24, 2.45) is 11.5 Å². The SMILES string of the molecule is C.C[C@@H](NC(CCC(F)(F)F)C(N)=O)c1ccccc1.C[C@@H]([NH2+][C@H](CCC(F)(F)F)C(N)=O)c1ccccc1.[Cl-]. The minimum atomic E-state index is -4.29. The molecule has 2 aromatic carbocycles. The van der Waals surface area contributed by atoms with E-state index in [-0.39, 0.29) is 44.8 Å². The first-order chi connectivity index (χ1) is 17.6. The van der Waals surface area contributed by atoms with Gasteiger partial charge in [0, 0.05) is 30.9 Å². The second-order valence-corrected chi connectivity index (χ2v) is 8.96. The molecule has 228 valence electrons. The summed E-state index contributed by atoms with van der Waals surface area (Å²) in [6.07, 6.45) is -11.2. The number of benzene rings is 2. The number of hydrogen-bond donors (Lipinski definition) is 4. The van der Waals surface area contributed by atoms with Crippen molar-refractivity contribution in [1.82, 2.24) is 5.32 Å². The zero-order chi connectivity index (χ0) is 28.9. The molecule has 0 fully saturated rings. The number of nitrogens with one attached hydrogen (secondary N) is 1. The fourth-order valence-corrected chi connectivity index (χ4v) is 3.62. The third-order valence-electron chi connectivity index (χ3n) is 5.76. The summed E-state index contributed by atoms with van der Waals surface area (Å²) in [4.78, 5) is 22.4. The van der Waals surface area contributed by atoms with Crippen LogP contribution in [0.4, 0.5) is 26.3 Å². The Morgan fingerprint density at radius 3 is 1.60 bits per heavy atom. The fraction of sp³-hybridized carbons (Fsp3) is 0.481. The molecule has 0 aliphatic rings. The van der Waals surface area contributed by atoms with Gasteiger partial charge in [0.1, 0.15) is 6.04 Å². The van der Waals surface area contributed by atoms with Gasteiger partial charge in [-0.25, -0.2) is 0 Å². The quantitative estimate of drug-likeness (QED) is 0.278. The molecule has 0 bridgehead atoms. The maximum atomic E-state index is 12.2. The smallest absolute Gasteiger partial charge is 0.389 e. The van der Waals surface area contributed by atoms with Crippen LogP contribution >= 0.6 is 0 Å². The Kier molecular flexibility index (Phi) is 18.2. The summed E-state index contributed by atoms with van der Waals surface area (Å²) in [5.41, 5.74) is 12.1. The number of rotatable bonds is 12. The highest BCUT2D eigenvalue weighted by Crippen LogP contribution is 2.23. The first-order valence-corrected chi connectivity index (χ1v) is 12.0. The zero-order valence-electron chi connectivity index (χ0n) is 21.6. The van der Waals surface area contributed by atoms with Crippen LogP contribution in [0.1, 0.15) is 70.2 Å². The van der Waals surface area contributed by atoms with Crippen molar-refractivity contribution < 1.29 is 53.7 Å². The minimum absolute atomic E-state index is 0. The molecule has 7 N–H and O–H groups in total. The van der Waals surface area contributed by atoms with E-state index < -0.39 is 49.1 Å². The average molecular weight is 601 g/mol. The molecular formula is C27H39ClF6N4O2. The van der Waals surface area contributed by atoms with E-state index in [0.717, 1.165) is 11.1 Å². The highest BCUT2D eigenvalue weighted by atomic mass is 35.5. The van der Waals surface area contributed by atoms with Gasteiger partial charge in [-0.3, -0.25) is 14.9 Å². The summed E-state index contributed by atoms with van der Waals surface area (Å²) in [7, 11) is 0. The standard InChI is InChI=1S/2C13H17F3N2O.CH4.ClH/c2*1-9(10-5-3-2-4-6-10)18-11(12(17)19)7-8-13(14,15)16;;/h2*2-6,9,11,18H,7-8H2,1H3,(H2,17,19);1H4;1H/t9-,11?;9-,11-;;/m11../s1. The lowest BCUT2D eigenvalue weighted by molar-refractivity contribution is -0.713. The van der Waals surface area contributed by atoms with E-state index in [1.807, 2.05) is 67.6 Å². The molecule has 0 radical (unpaired) electrons. The van der Waals surface area contributed by atoms with Crippen LogP contribution in [0.3, 0.4) is 0 Å². The van der Waals surface area contributed by atoms with Crippen LogP contribution in [0.5, 0.6) is 0 Å². The van der Waals surface area contributed by atoms with E-state index in [1.165, 1.54) is 0 Å². The molecule has 4 atom stereocenters. The lowest BCUT2D eigenvalue weighted by Gasteiger charge is -2.21. The lowest BCUT2D eigenvalue weighted by Crippen LogP contribution is -3.00. The highest BCUT2D eigenvalue weighted by molar-refractivity contribution is 5.79. The van der Waals surface area contributed by atoms with Crippen molar-refractivity contribution in [2.75, 3.05) is 0 Å². The zero-order valence-corrected chi connectivity index (χ0v) is 22.4. The van der Waals surface area contributed by atoms with E-state index in [9.17, 15) is 35.9 Å². The monoisotopic (exact) mass is 600 g/mol. The van der Waals surface area contributed by atoms with Crippen molar-refractivity contribution in [3.63, 3.8) is 0 Å². The first kappa shape index (κ1) is 39.3. The number of quaternary nitrogens is 1. The fourth-order valence-electron chi connectivity index (χ4n) is 3.62. The Balaban J connectivity index is 0. The molecule has 0 spiro atoms. The Morgan fingerprint density at radius 2 is 1.20 bits per heavy atom. The molecule has 2 aromatic rings. The molecule has 0 aliphatic heterocycles. The molecule has 0 saturated carbocycles. The van der Waals surface area contributed by atoms with Gasteiger partial charge in [-0.05, 0) is 25.8 Å². The Labute approximate surface area is 237 Å². The summed E-state index contributed by atoms with van der Waals surface area (Å²) in [6, 6.07) is 16.2. The van der Waals surface area contributed by atoms with Crippen LogP contribution in [0.2, 0.25) is 0 Å². The van der Waals surface area contributed by atoms with Gasteiger partial charge in [-0.1, -0.05) is 68.1 Å². The van der Waals surface area contributed by atoms with Gasteiger partial charge in [0.2, 0.25) is 5.91 Å². The number of nitrogens with two attached hydrogens (primary N) is 3. The second-order valence-electron chi connectivity index (χ2n) is 8.96. The summed E-state index contributed by atoms with van der Waals surface area (Å²) >= 11 is 0. The number of amides is 2. The normalized spacial score (nSPS) is 14.2. The topological polar surface area (TPSA) is 115 Å². The summed E-state index contributed by atoms with van der Waals surface area (Å²) in [5, 5.41) is 4.42. The van der Waals surface area contributed by atoms with Crippen molar-refractivity contribution in [3.8, 4) is 0 Å². The van der Waals surface area contributed by atoms with Gasteiger partial charge >= 0.3 is 12.4 Å². The van der Waals surface area contributed by atoms with E-state index in [0.29, 0.717) is 0 Å². The first-order valence-electron chi connectivity index (χ1n) is 12.0. The molecule has 2 rings (SSSR count). The Morgan fingerprint density at radius 1 is 0.775 bits per heavy atom. The molecule has 1 unspecified atom stereocenters. The largest absolute Gasteiger partial charge is 1.00 e. The molecule has 2 amide bonds. The van der Waals surface area contributed by atoms with Crippen LogP contribution < -0.4 is 34.5 Å². The molecule has 0 aromatic heterocycles. The van der Waals surface area contributed by atoms with Crippen LogP contribution in [0, 0.1) is 0 Å². The molecule has 0 heterocycles. The van der Waals surface area contributed by atoms with Crippen LogP contribution in [-0.2, 0) is 9.59 Å². The van der Waals surface area contributed by atoms with Gasteiger partial charge in [0.05, 0.1) is 6.04 Å². The third kappa shape index (κ3) is 17.0. The number of halogens is 7.